The van der Waals surface area contributed by atoms with Crippen LogP contribution in [0, 0.1) is 0 Å². The van der Waals surface area contributed by atoms with Crippen LogP contribution in [-0.4, -0.2) is 16.1 Å². The topological polar surface area (TPSA) is 43.8 Å². The van der Waals surface area contributed by atoms with Gasteiger partial charge in [-0.1, -0.05) is 20.8 Å². The average molecular weight is 167 g/mol. The number of nitrogens with zero attached hydrogens (tertiary/aromatic N) is 2. The molecule has 0 spiro atoms. The van der Waals surface area contributed by atoms with E-state index in [1.54, 1.807) is 0 Å². The van der Waals surface area contributed by atoms with Crippen LogP contribution in [0.1, 0.15) is 26.5 Å². The molecule has 0 saturated carbocycles. The Hall–Kier alpha value is -0.830. The smallest absolute Gasteiger partial charge is 0.0950 e. The molecular weight excluding hydrogens is 150 g/mol. The van der Waals surface area contributed by atoms with Crippen molar-refractivity contribution in [3.63, 3.8) is 0 Å². The molecule has 0 unspecified atom stereocenters. The molecule has 12 heavy (non-hydrogen) atoms. The van der Waals surface area contributed by atoms with Gasteiger partial charge in [0.1, 0.15) is 0 Å². The molecule has 1 aromatic heterocycles. The van der Waals surface area contributed by atoms with E-state index >= 15 is 0 Å². The van der Waals surface area contributed by atoms with Crippen LogP contribution in [0.15, 0.2) is 12.5 Å². The van der Waals surface area contributed by atoms with Crippen molar-refractivity contribution in [2.45, 2.75) is 32.7 Å². The summed E-state index contributed by atoms with van der Waals surface area (Å²) in [4.78, 5) is 4.31. The van der Waals surface area contributed by atoms with Crippen LogP contribution in [0.5, 0.6) is 0 Å². The lowest BCUT2D eigenvalue weighted by atomic mass is 9.93. The van der Waals surface area contributed by atoms with E-state index in [1.165, 1.54) is 0 Å². The first-order valence-corrected chi connectivity index (χ1v) is 4.26. The molecule has 1 rings (SSSR count). The molecule has 0 aliphatic heterocycles. The Labute approximate surface area is 73.6 Å². The standard InChI is InChI=1S/C9H17N3/c1-9(2,3)8-6-12(5-4-10)7-11-8/h6-7H,4-5,10H2,1-3H3. The fourth-order valence-corrected chi connectivity index (χ4v) is 1.02. The Kier molecular flexibility index (Phi) is 2.52. The number of aromatic nitrogens is 2. The highest BCUT2D eigenvalue weighted by molar-refractivity contribution is 5.08. The number of hydrogen-bond donors (Lipinski definition) is 1. The molecule has 0 aliphatic rings. The molecule has 3 nitrogen and oxygen atoms in total. The summed E-state index contributed by atoms with van der Waals surface area (Å²) in [6, 6.07) is 0. The van der Waals surface area contributed by atoms with Crippen molar-refractivity contribution in [1.29, 1.82) is 0 Å². The van der Waals surface area contributed by atoms with E-state index < -0.39 is 0 Å². The molecule has 0 amide bonds. The van der Waals surface area contributed by atoms with Gasteiger partial charge in [0, 0.05) is 24.7 Å². The minimum absolute atomic E-state index is 0.139. The van der Waals surface area contributed by atoms with Crippen LogP contribution >= 0.6 is 0 Å². The van der Waals surface area contributed by atoms with Crippen LogP contribution < -0.4 is 5.73 Å². The van der Waals surface area contributed by atoms with Gasteiger partial charge in [-0.2, -0.15) is 0 Å². The van der Waals surface area contributed by atoms with Gasteiger partial charge in [0.15, 0.2) is 0 Å². The van der Waals surface area contributed by atoms with Crippen LogP contribution in [0.25, 0.3) is 0 Å². The summed E-state index contributed by atoms with van der Waals surface area (Å²) in [5.41, 5.74) is 6.69. The molecule has 0 saturated heterocycles. The fourth-order valence-electron chi connectivity index (χ4n) is 1.02. The lowest BCUT2D eigenvalue weighted by Crippen LogP contribution is -2.12. The van der Waals surface area contributed by atoms with Gasteiger partial charge in [0.2, 0.25) is 0 Å². The zero-order valence-corrected chi connectivity index (χ0v) is 8.04. The van der Waals surface area contributed by atoms with E-state index in [0.717, 1.165) is 12.2 Å². The van der Waals surface area contributed by atoms with Gasteiger partial charge < -0.3 is 10.3 Å². The fraction of sp³-hybridized carbons (Fsp3) is 0.667. The predicted octanol–water partition coefficient (Wildman–Crippen LogP) is 1.14. The Balaban J connectivity index is 2.77. The summed E-state index contributed by atoms with van der Waals surface area (Å²) in [6.45, 7) is 7.98. The van der Waals surface area contributed by atoms with E-state index in [9.17, 15) is 0 Å². The van der Waals surface area contributed by atoms with Gasteiger partial charge >= 0.3 is 0 Å². The maximum absolute atomic E-state index is 5.43. The first-order chi connectivity index (χ1) is 5.54. The Morgan fingerprint density at radius 2 is 2.17 bits per heavy atom. The van der Waals surface area contributed by atoms with Crippen molar-refractivity contribution in [3.05, 3.63) is 18.2 Å². The summed E-state index contributed by atoms with van der Waals surface area (Å²) < 4.78 is 2.03. The van der Waals surface area contributed by atoms with Crippen LogP contribution in [0.2, 0.25) is 0 Å². The van der Waals surface area contributed by atoms with Crippen molar-refractivity contribution in [3.8, 4) is 0 Å². The molecule has 0 atom stereocenters. The van der Waals surface area contributed by atoms with Crippen molar-refractivity contribution in [2.24, 2.45) is 5.73 Å². The Morgan fingerprint density at radius 1 is 1.50 bits per heavy atom. The summed E-state index contributed by atoms with van der Waals surface area (Å²) >= 11 is 0. The van der Waals surface area contributed by atoms with Crippen LogP contribution in [0.4, 0.5) is 0 Å². The summed E-state index contributed by atoms with van der Waals surface area (Å²) in [5.74, 6) is 0. The molecule has 0 radical (unpaired) electrons. The van der Waals surface area contributed by atoms with Gasteiger partial charge in [-0.3, -0.25) is 0 Å². The Morgan fingerprint density at radius 3 is 2.58 bits per heavy atom. The summed E-state index contributed by atoms with van der Waals surface area (Å²) in [6.07, 6.45) is 3.90. The highest BCUT2D eigenvalue weighted by Crippen LogP contribution is 2.19. The molecule has 0 aromatic carbocycles. The minimum atomic E-state index is 0.139. The summed E-state index contributed by atoms with van der Waals surface area (Å²) in [5, 5.41) is 0. The zero-order valence-electron chi connectivity index (χ0n) is 8.04. The van der Waals surface area contributed by atoms with Gasteiger partial charge in [-0.15, -0.1) is 0 Å². The largest absolute Gasteiger partial charge is 0.336 e. The zero-order chi connectivity index (χ0) is 9.19. The maximum atomic E-state index is 5.43. The third kappa shape index (κ3) is 2.08. The first-order valence-electron chi connectivity index (χ1n) is 4.26. The molecule has 68 valence electrons. The first kappa shape index (κ1) is 9.26. The predicted molar refractivity (Wildman–Crippen MR) is 50.0 cm³/mol. The molecular formula is C9H17N3. The average Bonchev–Trinajstić information content (AvgIpc) is 2.35. The number of nitrogens with two attached hydrogens (primary N) is 1. The lowest BCUT2D eigenvalue weighted by Gasteiger charge is -2.14. The highest BCUT2D eigenvalue weighted by Gasteiger charge is 2.15. The minimum Gasteiger partial charge on any atom is -0.336 e. The van der Waals surface area contributed by atoms with Crippen molar-refractivity contribution >= 4 is 0 Å². The Bertz CT molecular complexity index is 245. The highest BCUT2D eigenvalue weighted by atomic mass is 15.0. The third-order valence-electron chi connectivity index (χ3n) is 1.79. The van der Waals surface area contributed by atoms with Crippen molar-refractivity contribution in [1.82, 2.24) is 9.55 Å². The van der Waals surface area contributed by atoms with Crippen LogP contribution in [0.3, 0.4) is 0 Å². The van der Waals surface area contributed by atoms with Crippen LogP contribution in [-0.2, 0) is 12.0 Å². The van der Waals surface area contributed by atoms with E-state index in [4.69, 9.17) is 5.73 Å². The maximum Gasteiger partial charge on any atom is 0.0950 e. The molecule has 0 bridgehead atoms. The van der Waals surface area contributed by atoms with Crippen molar-refractivity contribution < 1.29 is 0 Å². The number of rotatable bonds is 2. The van der Waals surface area contributed by atoms with Gasteiger partial charge in [-0.25, -0.2) is 4.98 Å². The number of hydrogen-bond acceptors (Lipinski definition) is 2. The third-order valence-corrected chi connectivity index (χ3v) is 1.79. The molecule has 0 fully saturated rings. The molecule has 1 heterocycles. The molecule has 0 aliphatic carbocycles. The molecule has 1 aromatic rings. The SMILES string of the molecule is CC(C)(C)c1cn(CCN)cn1. The van der Waals surface area contributed by atoms with Crippen molar-refractivity contribution in [2.75, 3.05) is 6.54 Å². The normalized spacial score (nSPS) is 12.0. The van der Waals surface area contributed by atoms with Gasteiger partial charge in [0.05, 0.1) is 12.0 Å². The molecule has 3 heteroatoms. The van der Waals surface area contributed by atoms with Gasteiger partial charge in [0.25, 0.3) is 0 Å². The second kappa shape index (κ2) is 3.27. The quantitative estimate of drug-likeness (QED) is 0.717. The number of imidazole rings is 1. The van der Waals surface area contributed by atoms with E-state index in [1.807, 2.05) is 10.9 Å². The van der Waals surface area contributed by atoms with E-state index in [2.05, 4.69) is 32.0 Å². The summed E-state index contributed by atoms with van der Waals surface area (Å²) in [7, 11) is 0. The van der Waals surface area contributed by atoms with E-state index in [0.29, 0.717) is 6.54 Å². The second-order valence-corrected chi connectivity index (χ2v) is 4.04. The monoisotopic (exact) mass is 167 g/mol. The second-order valence-electron chi connectivity index (χ2n) is 4.04. The van der Waals surface area contributed by atoms with E-state index in [-0.39, 0.29) is 5.41 Å². The molecule has 2 N–H and O–H groups in total. The van der Waals surface area contributed by atoms with Gasteiger partial charge in [-0.05, 0) is 0 Å². The lowest BCUT2D eigenvalue weighted by molar-refractivity contribution is 0.570.